The zero-order valence-corrected chi connectivity index (χ0v) is 16.1. The number of aromatic nitrogens is 2. The van der Waals surface area contributed by atoms with Gasteiger partial charge in [-0.3, -0.25) is 9.59 Å². The third kappa shape index (κ3) is 3.16. The number of fused-ring (bicyclic) bond motifs is 2. The van der Waals surface area contributed by atoms with E-state index >= 15 is 0 Å². The topological polar surface area (TPSA) is 66.1 Å². The molecule has 0 atom stereocenters. The molecule has 0 unspecified atom stereocenters. The van der Waals surface area contributed by atoms with Gasteiger partial charge in [0.25, 0.3) is 5.56 Å². The van der Waals surface area contributed by atoms with Gasteiger partial charge in [-0.1, -0.05) is 54.6 Å². The monoisotopic (exact) mass is 399 g/mol. The third-order valence-electron chi connectivity index (χ3n) is 5.56. The predicted octanol–water partition coefficient (Wildman–Crippen LogP) is 3.81. The fraction of sp³-hybridized carbons (Fsp3) is 0.125. The highest BCUT2D eigenvalue weighted by Gasteiger charge is 2.23. The van der Waals surface area contributed by atoms with E-state index in [2.05, 4.69) is 10.2 Å². The molecule has 30 heavy (non-hydrogen) atoms. The minimum atomic E-state index is -0.463. The molecule has 1 amide bonds. The molecule has 1 N–H and O–H groups in total. The van der Waals surface area contributed by atoms with E-state index in [1.165, 1.54) is 6.07 Å². The zero-order valence-electron chi connectivity index (χ0n) is 16.1. The van der Waals surface area contributed by atoms with Crippen molar-refractivity contribution >= 4 is 16.7 Å². The lowest BCUT2D eigenvalue weighted by Crippen LogP contribution is -2.27. The van der Waals surface area contributed by atoms with Crippen LogP contribution in [0.25, 0.3) is 22.0 Å². The smallest absolute Gasteiger partial charge is 0.272 e. The van der Waals surface area contributed by atoms with Crippen LogP contribution in [0.3, 0.4) is 0 Å². The van der Waals surface area contributed by atoms with E-state index in [4.69, 9.17) is 0 Å². The second kappa shape index (κ2) is 7.22. The Morgan fingerprint density at radius 1 is 0.967 bits per heavy atom. The number of benzene rings is 3. The first-order valence-electron chi connectivity index (χ1n) is 9.71. The highest BCUT2D eigenvalue weighted by Crippen LogP contribution is 2.27. The van der Waals surface area contributed by atoms with Crippen molar-refractivity contribution in [3.63, 3.8) is 0 Å². The number of carbonyl (C=O) groups is 1. The number of nitrogens with one attached hydrogen (secondary N) is 1. The van der Waals surface area contributed by atoms with Crippen LogP contribution in [0.1, 0.15) is 16.7 Å². The van der Waals surface area contributed by atoms with Gasteiger partial charge in [-0.2, -0.15) is 5.10 Å². The van der Waals surface area contributed by atoms with Crippen molar-refractivity contribution in [3.05, 3.63) is 99.6 Å². The highest BCUT2D eigenvalue weighted by molar-refractivity contribution is 5.93. The SMILES string of the molecule is O=C(Cc1ccc(-c2n[nH]c(=O)c3ccccc23)cc1F)N1Cc2ccccc2C1. The second-order valence-corrected chi connectivity index (χ2v) is 7.45. The average molecular weight is 399 g/mol. The molecular weight excluding hydrogens is 381 g/mol. The van der Waals surface area contributed by atoms with Crippen LogP contribution in [0.2, 0.25) is 0 Å². The molecular formula is C24H18FN3O2. The molecule has 2 heterocycles. The Balaban J connectivity index is 1.40. The summed E-state index contributed by atoms with van der Waals surface area (Å²) >= 11 is 0. The Morgan fingerprint density at radius 3 is 2.33 bits per heavy atom. The molecule has 6 heteroatoms. The van der Waals surface area contributed by atoms with Crippen LogP contribution in [0.5, 0.6) is 0 Å². The van der Waals surface area contributed by atoms with Gasteiger partial charge in [0.1, 0.15) is 5.82 Å². The fourth-order valence-electron chi connectivity index (χ4n) is 3.96. The lowest BCUT2D eigenvalue weighted by molar-refractivity contribution is -0.131. The Morgan fingerprint density at radius 2 is 1.63 bits per heavy atom. The maximum atomic E-state index is 14.9. The van der Waals surface area contributed by atoms with Gasteiger partial charge in [0.15, 0.2) is 0 Å². The van der Waals surface area contributed by atoms with Crippen molar-refractivity contribution < 1.29 is 9.18 Å². The van der Waals surface area contributed by atoms with Crippen molar-refractivity contribution in [1.82, 2.24) is 15.1 Å². The first kappa shape index (κ1) is 18.2. The summed E-state index contributed by atoms with van der Waals surface area (Å²) in [6.07, 6.45) is -0.0000982. The molecule has 0 fully saturated rings. The van der Waals surface area contributed by atoms with E-state index in [1.54, 1.807) is 35.2 Å². The van der Waals surface area contributed by atoms with Gasteiger partial charge < -0.3 is 4.90 Å². The summed E-state index contributed by atoms with van der Waals surface area (Å²) in [6, 6.07) is 19.7. The van der Waals surface area contributed by atoms with Crippen LogP contribution in [-0.4, -0.2) is 21.0 Å². The molecule has 1 aliphatic heterocycles. The van der Waals surface area contributed by atoms with Crippen LogP contribution < -0.4 is 5.56 Å². The van der Waals surface area contributed by atoms with Crippen LogP contribution >= 0.6 is 0 Å². The van der Waals surface area contributed by atoms with Gasteiger partial charge in [-0.05, 0) is 28.8 Å². The van der Waals surface area contributed by atoms with Gasteiger partial charge in [0.2, 0.25) is 5.91 Å². The van der Waals surface area contributed by atoms with Gasteiger partial charge in [0.05, 0.1) is 17.5 Å². The van der Waals surface area contributed by atoms with Crippen LogP contribution in [0, 0.1) is 5.82 Å². The average Bonchev–Trinajstić information content (AvgIpc) is 3.20. The summed E-state index contributed by atoms with van der Waals surface area (Å²) in [4.78, 5) is 26.4. The summed E-state index contributed by atoms with van der Waals surface area (Å²) in [7, 11) is 0. The highest BCUT2D eigenvalue weighted by atomic mass is 19.1. The number of carbonyl (C=O) groups excluding carboxylic acids is 1. The van der Waals surface area contributed by atoms with E-state index in [9.17, 15) is 14.0 Å². The van der Waals surface area contributed by atoms with E-state index in [-0.39, 0.29) is 17.9 Å². The van der Waals surface area contributed by atoms with E-state index in [0.717, 1.165) is 11.1 Å². The number of aromatic amines is 1. The molecule has 0 bridgehead atoms. The maximum absolute atomic E-state index is 14.9. The van der Waals surface area contributed by atoms with Crippen LogP contribution in [0.4, 0.5) is 4.39 Å². The number of hydrogen-bond acceptors (Lipinski definition) is 3. The Kier molecular flexibility index (Phi) is 4.39. The fourth-order valence-corrected chi connectivity index (χ4v) is 3.96. The summed E-state index contributed by atoms with van der Waals surface area (Å²) in [6.45, 7) is 1.12. The number of rotatable bonds is 3. The summed E-state index contributed by atoms with van der Waals surface area (Å²) in [5, 5.41) is 7.73. The number of H-pyrrole nitrogens is 1. The lowest BCUT2D eigenvalue weighted by Gasteiger charge is -2.16. The van der Waals surface area contributed by atoms with Crippen molar-refractivity contribution in [2.75, 3.05) is 0 Å². The lowest BCUT2D eigenvalue weighted by atomic mass is 10.0. The number of hydrogen-bond donors (Lipinski definition) is 1. The van der Waals surface area contributed by atoms with Gasteiger partial charge in [-0.15, -0.1) is 0 Å². The Labute approximate surface area is 171 Å². The minimum absolute atomic E-state index is 0.0000982. The largest absolute Gasteiger partial charge is 0.334 e. The molecule has 5 rings (SSSR count). The van der Waals surface area contributed by atoms with Gasteiger partial charge in [0, 0.05) is 24.0 Å². The minimum Gasteiger partial charge on any atom is -0.334 e. The normalized spacial score (nSPS) is 12.9. The molecule has 0 saturated heterocycles. The Bertz CT molecular complexity index is 1320. The quantitative estimate of drug-likeness (QED) is 0.570. The standard InChI is InChI=1S/C24H18FN3O2/c25-21-11-16(23-19-7-3-4-8-20(19)24(30)27-26-23)10-9-15(21)12-22(29)28-13-17-5-1-2-6-18(17)14-28/h1-11H,12-14H2,(H,27,30). The molecule has 4 aromatic rings. The molecule has 0 aliphatic carbocycles. The van der Waals surface area contributed by atoms with Crippen molar-refractivity contribution in [3.8, 4) is 11.3 Å². The molecule has 0 spiro atoms. The van der Waals surface area contributed by atoms with E-state index in [0.29, 0.717) is 40.7 Å². The van der Waals surface area contributed by atoms with E-state index < -0.39 is 5.82 Å². The first-order valence-corrected chi connectivity index (χ1v) is 9.71. The molecule has 148 valence electrons. The van der Waals surface area contributed by atoms with Crippen molar-refractivity contribution in [2.45, 2.75) is 19.5 Å². The number of nitrogens with zero attached hydrogens (tertiary/aromatic N) is 2. The van der Waals surface area contributed by atoms with Crippen LogP contribution in [0.15, 0.2) is 71.5 Å². The molecule has 0 radical (unpaired) electrons. The molecule has 5 nitrogen and oxygen atoms in total. The van der Waals surface area contributed by atoms with Gasteiger partial charge >= 0.3 is 0 Å². The Hall–Kier alpha value is -3.80. The second-order valence-electron chi connectivity index (χ2n) is 7.45. The van der Waals surface area contributed by atoms with Crippen molar-refractivity contribution in [2.24, 2.45) is 0 Å². The first-order chi connectivity index (χ1) is 14.6. The van der Waals surface area contributed by atoms with Crippen molar-refractivity contribution in [1.29, 1.82) is 0 Å². The van der Waals surface area contributed by atoms with Crippen LogP contribution in [-0.2, 0) is 24.3 Å². The molecule has 3 aromatic carbocycles. The molecule has 1 aliphatic rings. The molecule has 1 aromatic heterocycles. The molecule has 0 saturated carbocycles. The summed E-state index contributed by atoms with van der Waals surface area (Å²) < 4.78 is 14.9. The summed E-state index contributed by atoms with van der Waals surface area (Å²) in [5.74, 6) is -0.569. The van der Waals surface area contributed by atoms with E-state index in [1.807, 2.05) is 30.3 Å². The van der Waals surface area contributed by atoms with Gasteiger partial charge in [-0.25, -0.2) is 9.49 Å². The zero-order chi connectivity index (χ0) is 20.7. The maximum Gasteiger partial charge on any atom is 0.272 e. The summed E-state index contributed by atoms with van der Waals surface area (Å²) in [5.41, 5.74) is 3.37. The predicted molar refractivity (Wildman–Crippen MR) is 112 cm³/mol. The number of halogens is 1. The number of amides is 1. The third-order valence-corrected chi connectivity index (χ3v) is 5.56.